The van der Waals surface area contributed by atoms with Crippen molar-refractivity contribution in [3.05, 3.63) is 59.7 Å². The lowest BCUT2D eigenvalue weighted by Gasteiger charge is -2.34. The van der Waals surface area contributed by atoms with Gasteiger partial charge in [0.2, 0.25) is 5.91 Å². The van der Waals surface area contributed by atoms with E-state index in [0.717, 1.165) is 57.7 Å². The third kappa shape index (κ3) is 6.31. The van der Waals surface area contributed by atoms with Gasteiger partial charge in [-0.3, -0.25) is 14.5 Å². The summed E-state index contributed by atoms with van der Waals surface area (Å²) in [5.74, 6) is 0.684. The second-order valence-electron chi connectivity index (χ2n) is 8.56. The Balaban J connectivity index is 1.20. The zero-order chi connectivity index (χ0) is 22.3. The third-order valence-electron chi connectivity index (χ3n) is 6.07. The van der Waals surface area contributed by atoms with Gasteiger partial charge in [-0.1, -0.05) is 24.3 Å². The van der Waals surface area contributed by atoms with Crippen molar-refractivity contribution in [1.82, 2.24) is 15.1 Å². The molecule has 0 atom stereocenters. The van der Waals surface area contributed by atoms with Crippen molar-refractivity contribution in [2.45, 2.75) is 25.3 Å². The number of carbonyl (C=O) groups is 2. The quantitative estimate of drug-likeness (QED) is 0.632. The topological polar surface area (TPSA) is 73.9 Å². The standard InChI is InChI=1S/C25H32N4O3/c1-32-21-10-6-19(7-11-21)12-13-28-14-16-29(17-15-28)18-24(30)27-23-5-3-2-4-22(23)25(31)26-20-8-9-20/h2-7,10-11,20H,8-9,12-18H2,1H3,(H,26,31)(H,27,30). The maximum absolute atomic E-state index is 12.6. The van der Waals surface area contributed by atoms with E-state index < -0.39 is 0 Å². The Bertz CT molecular complexity index is 919. The molecule has 1 heterocycles. The molecular formula is C25H32N4O3. The predicted octanol–water partition coefficient (Wildman–Crippen LogP) is 2.39. The SMILES string of the molecule is COc1ccc(CCN2CCN(CC(=O)Nc3ccccc3C(=O)NC3CC3)CC2)cc1. The minimum Gasteiger partial charge on any atom is -0.497 e. The van der Waals surface area contributed by atoms with E-state index in [4.69, 9.17) is 4.74 Å². The van der Waals surface area contributed by atoms with E-state index in [1.807, 2.05) is 24.3 Å². The second kappa shape index (κ2) is 10.6. The van der Waals surface area contributed by atoms with Crippen LogP contribution in [0.5, 0.6) is 5.75 Å². The van der Waals surface area contributed by atoms with Crippen molar-refractivity contribution in [3.8, 4) is 5.75 Å². The largest absolute Gasteiger partial charge is 0.497 e. The minimum atomic E-state index is -0.117. The molecule has 2 N–H and O–H groups in total. The van der Waals surface area contributed by atoms with Crippen molar-refractivity contribution in [3.63, 3.8) is 0 Å². The van der Waals surface area contributed by atoms with Crippen molar-refractivity contribution in [1.29, 1.82) is 0 Å². The Kier molecular flexibility index (Phi) is 7.39. The number of carbonyl (C=O) groups excluding carboxylic acids is 2. The van der Waals surface area contributed by atoms with Crippen LogP contribution in [0.4, 0.5) is 5.69 Å². The zero-order valence-electron chi connectivity index (χ0n) is 18.7. The van der Waals surface area contributed by atoms with Gasteiger partial charge >= 0.3 is 0 Å². The first-order chi connectivity index (χ1) is 15.6. The molecule has 0 aromatic heterocycles. The highest BCUT2D eigenvalue weighted by Crippen LogP contribution is 2.21. The van der Waals surface area contributed by atoms with Gasteiger partial charge in [0, 0.05) is 38.8 Å². The number of hydrogen-bond donors (Lipinski definition) is 2. The molecule has 0 unspecified atom stereocenters. The number of benzene rings is 2. The molecule has 2 aromatic rings. The van der Waals surface area contributed by atoms with Crippen molar-refractivity contribution in [2.75, 3.05) is 51.7 Å². The first kappa shape index (κ1) is 22.3. The van der Waals surface area contributed by atoms with Gasteiger partial charge in [0.15, 0.2) is 0 Å². The van der Waals surface area contributed by atoms with Crippen LogP contribution in [0.1, 0.15) is 28.8 Å². The Hall–Kier alpha value is -2.90. The summed E-state index contributed by atoms with van der Waals surface area (Å²) in [7, 11) is 1.68. The van der Waals surface area contributed by atoms with Gasteiger partial charge in [0.25, 0.3) is 5.91 Å². The van der Waals surface area contributed by atoms with Crippen LogP contribution < -0.4 is 15.4 Å². The average molecular weight is 437 g/mol. The molecular weight excluding hydrogens is 404 g/mol. The Morgan fingerprint density at radius 3 is 2.34 bits per heavy atom. The van der Waals surface area contributed by atoms with E-state index in [0.29, 0.717) is 17.8 Å². The minimum absolute atomic E-state index is 0.0802. The molecule has 7 heteroatoms. The van der Waals surface area contributed by atoms with Gasteiger partial charge in [0.1, 0.15) is 5.75 Å². The summed E-state index contributed by atoms with van der Waals surface area (Å²) in [6.45, 7) is 4.97. The van der Waals surface area contributed by atoms with Crippen LogP contribution >= 0.6 is 0 Å². The molecule has 4 rings (SSSR count). The normalized spacial score (nSPS) is 17.0. The lowest BCUT2D eigenvalue weighted by molar-refractivity contribution is -0.117. The van der Waals surface area contributed by atoms with Gasteiger partial charge in [-0.15, -0.1) is 0 Å². The van der Waals surface area contributed by atoms with E-state index in [9.17, 15) is 9.59 Å². The maximum atomic E-state index is 12.6. The van der Waals surface area contributed by atoms with Crippen LogP contribution in [0.3, 0.4) is 0 Å². The molecule has 7 nitrogen and oxygen atoms in total. The summed E-state index contributed by atoms with van der Waals surface area (Å²) >= 11 is 0. The lowest BCUT2D eigenvalue weighted by Crippen LogP contribution is -2.49. The maximum Gasteiger partial charge on any atom is 0.253 e. The highest BCUT2D eigenvalue weighted by atomic mass is 16.5. The van der Waals surface area contributed by atoms with Gasteiger partial charge in [0.05, 0.1) is 24.9 Å². The molecule has 1 saturated carbocycles. The molecule has 1 saturated heterocycles. The van der Waals surface area contributed by atoms with Crippen molar-refractivity contribution < 1.29 is 14.3 Å². The molecule has 0 radical (unpaired) electrons. The lowest BCUT2D eigenvalue weighted by atomic mass is 10.1. The fourth-order valence-electron chi connectivity index (χ4n) is 3.92. The number of nitrogens with zero attached hydrogens (tertiary/aromatic N) is 2. The summed E-state index contributed by atoms with van der Waals surface area (Å²) in [4.78, 5) is 29.7. The van der Waals surface area contributed by atoms with Crippen LogP contribution in [-0.4, -0.2) is 74.0 Å². The van der Waals surface area contributed by atoms with Gasteiger partial charge in [-0.05, 0) is 49.1 Å². The number of rotatable bonds is 9. The van der Waals surface area contributed by atoms with Crippen LogP contribution in [0.2, 0.25) is 0 Å². The van der Waals surface area contributed by atoms with E-state index in [2.05, 4.69) is 32.6 Å². The van der Waals surface area contributed by atoms with Crippen LogP contribution in [0.25, 0.3) is 0 Å². The smallest absolute Gasteiger partial charge is 0.253 e. The fraction of sp³-hybridized carbons (Fsp3) is 0.440. The van der Waals surface area contributed by atoms with E-state index >= 15 is 0 Å². The molecule has 1 aliphatic carbocycles. The van der Waals surface area contributed by atoms with Crippen molar-refractivity contribution in [2.24, 2.45) is 0 Å². The summed E-state index contributed by atoms with van der Waals surface area (Å²) in [6, 6.07) is 15.7. The molecule has 2 aromatic carbocycles. The third-order valence-corrected chi connectivity index (χ3v) is 6.07. The summed E-state index contributed by atoms with van der Waals surface area (Å²) in [6.07, 6.45) is 3.07. The van der Waals surface area contributed by atoms with Crippen molar-refractivity contribution >= 4 is 17.5 Å². The Morgan fingerprint density at radius 2 is 1.66 bits per heavy atom. The predicted molar refractivity (Wildman–Crippen MR) is 125 cm³/mol. The van der Waals surface area contributed by atoms with Crippen LogP contribution in [0, 0.1) is 0 Å². The molecule has 0 bridgehead atoms. The Morgan fingerprint density at radius 1 is 0.969 bits per heavy atom. The fourth-order valence-corrected chi connectivity index (χ4v) is 3.92. The average Bonchev–Trinajstić information content (AvgIpc) is 3.63. The van der Waals surface area contributed by atoms with E-state index in [1.165, 1.54) is 5.56 Å². The monoisotopic (exact) mass is 436 g/mol. The second-order valence-corrected chi connectivity index (χ2v) is 8.56. The molecule has 2 fully saturated rings. The number of methoxy groups -OCH3 is 1. The zero-order valence-corrected chi connectivity index (χ0v) is 18.7. The highest BCUT2D eigenvalue weighted by molar-refractivity contribution is 6.04. The number of nitrogens with one attached hydrogen (secondary N) is 2. The molecule has 2 amide bonds. The number of piperazine rings is 1. The highest BCUT2D eigenvalue weighted by Gasteiger charge is 2.25. The van der Waals surface area contributed by atoms with Gasteiger partial charge < -0.3 is 20.3 Å². The van der Waals surface area contributed by atoms with Gasteiger partial charge in [-0.25, -0.2) is 0 Å². The summed E-state index contributed by atoms with van der Waals surface area (Å²) < 4.78 is 5.21. The van der Waals surface area contributed by atoms with Crippen LogP contribution in [-0.2, 0) is 11.2 Å². The molecule has 2 aliphatic rings. The van der Waals surface area contributed by atoms with E-state index in [1.54, 1.807) is 19.2 Å². The number of ether oxygens (including phenoxy) is 1. The van der Waals surface area contributed by atoms with Crippen LogP contribution in [0.15, 0.2) is 48.5 Å². The Labute approximate surface area is 189 Å². The molecule has 170 valence electrons. The van der Waals surface area contributed by atoms with E-state index in [-0.39, 0.29) is 17.9 Å². The number of anilines is 1. The first-order valence-corrected chi connectivity index (χ1v) is 11.4. The molecule has 32 heavy (non-hydrogen) atoms. The first-order valence-electron chi connectivity index (χ1n) is 11.4. The van der Waals surface area contributed by atoms with Gasteiger partial charge in [-0.2, -0.15) is 0 Å². The molecule has 0 spiro atoms. The summed E-state index contributed by atoms with van der Waals surface area (Å²) in [5, 5.41) is 5.92. The summed E-state index contributed by atoms with van der Waals surface area (Å²) in [5.41, 5.74) is 2.40. The number of hydrogen-bond acceptors (Lipinski definition) is 5. The number of para-hydroxylation sites is 1. The number of amides is 2. The molecule has 1 aliphatic heterocycles.